The number of anilines is 1. The molecule has 1 aromatic carbocycles. The van der Waals surface area contributed by atoms with Crippen molar-refractivity contribution in [1.29, 1.82) is 0 Å². The quantitative estimate of drug-likeness (QED) is 0.574. The molecule has 2 heterocycles. The van der Waals surface area contributed by atoms with E-state index < -0.39 is 5.60 Å². The van der Waals surface area contributed by atoms with Gasteiger partial charge >= 0.3 is 6.09 Å². The van der Waals surface area contributed by atoms with Gasteiger partial charge in [0, 0.05) is 31.1 Å². The first kappa shape index (κ1) is 24.1. The second-order valence-electron chi connectivity index (χ2n) is 10.3. The molecular formula is C26H36N4O4. The topological polar surface area (TPSA) is 124 Å². The molecule has 2 aliphatic rings. The number of carbonyl (C=O) groups excluding carboxylic acids is 1. The molecule has 1 aliphatic carbocycles. The molecule has 5 N–H and O–H groups in total. The number of phenolic OH excluding ortho intramolecular Hbond substituents is 1. The van der Waals surface area contributed by atoms with Gasteiger partial charge in [-0.25, -0.2) is 9.78 Å². The van der Waals surface area contributed by atoms with Crippen molar-refractivity contribution >= 4 is 11.9 Å². The van der Waals surface area contributed by atoms with Crippen LogP contribution < -0.4 is 16.2 Å². The smallest absolute Gasteiger partial charge is 0.410 e. The summed E-state index contributed by atoms with van der Waals surface area (Å²) in [5.41, 5.74) is 14.7. The second-order valence-corrected chi connectivity index (χ2v) is 10.3. The standard InChI is InChI=1S/C26H36N4O4/c1-26(2,3)34-25(32)30-11-5-6-17(14-30)18-12-20(29-24(28)19(18)13-27)23-21(31)7-4-8-22(23)33-15-16-9-10-16/h4,7-8,12,16-17,31H,5-6,9-11,13-15,27H2,1-3H3,(H2,28,29). The Morgan fingerprint density at radius 1 is 1.26 bits per heavy atom. The number of pyridine rings is 1. The molecule has 1 aromatic heterocycles. The molecule has 4 rings (SSSR count). The van der Waals surface area contributed by atoms with Gasteiger partial charge in [-0.1, -0.05) is 6.07 Å². The predicted octanol–water partition coefficient (Wildman–Crippen LogP) is 4.40. The highest BCUT2D eigenvalue weighted by Crippen LogP contribution is 2.41. The fourth-order valence-corrected chi connectivity index (χ4v) is 4.44. The SMILES string of the molecule is CC(C)(C)OC(=O)N1CCCC(c2cc(-c3c(O)cccc3OCC3CC3)nc(N)c2CN)C1. The number of nitrogens with two attached hydrogens (primary N) is 2. The summed E-state index contributed by atoms with van der Waals surface area (Å²) in [5, 5.41) is 10.7. The van der Waals surface area contributed by atoms with Crippen LogP contribution in [0.5, 0.6) is 11.5 Å². The Morgan fingerprint density at radius 2 is 2.03 bits per heavy atom. The zero-order valence-corrected chi connectivity index (χ0v) is 20.3. The minimum Gasteiger partial charge on any atom is -0.507 e. The summed E-state index contributed by atoms with van der Waals surface area (Å²) in [5.74, 6) is 1.62. The van der Waals surface area contributed by atoms with Gasteiger partial charge in [-0.05, 0) is 76.1 Å². The molecule has 2 fully saturated rings. The molecule has 184 valence electrons. The Bertz CT molecular complexity index is 1050. The number of nitrogens with zero attached hydrogens (tertiary/aromatic N) is 2. The van der Waals surface area contributed by atoms with Crippen LogP contribution in [-0.4, -0.2) is 46.4 Å². The lowest BCUT2D eigenvalue weighted by Crippen LogP contribution is -2.42. The number of hydrogen-bond donors (Lipinski definition) is 3. The summed E-state index contributed by atoms with van der Waals surface area (Å²) in [6, 6.07) is 7.18. The fourth-order valence-electron chi connectivity index (χ4n) is 4.44. The van der Waals surface area contributed by atoms with Crippen molar-refractivity contribution in [3.05, 3.63) is 35.4 Å². The maximum atomic E-state index is 12.7. The van der Waals surface area contributed by atoms with Gasteiger partial charge in [0.05, 0.1) is 17.9 Å². The van der Waals surface area contributed by atoms with Crippen molar-refractivity contribution in [2.75, 3.05) is 25.4 Å². The van der Waals surface area contributed by atoms with Crippen LogP contribution in [0, 0.1) is 5.92 Å². The Morgan fingerprint density at radius 3 is 2.71 bits per heavy atom. The first-order valence-corrected chi connectivity index (χ1v) is 12.1. The molecule has 8 nitrogen and oxygen atoms in total. The van der Waals surface area contributed by atoms with E-state index in [2.05, 4.69) is 4.98 Å². The number of ether oxygens (including phenoxy) is 2. The van der Waals surface area contributed by atoms with Crippen molar-refractivity contribution < 1.29 is 19.4 Å². The van der Waals surface area contributed by atoms with Gasteiger partial charge in [0.25, 0.3) is 0 Å². The van der Waals surface area contributed by atoms with Crippen molar-refractivity contribution in [2.45, 2.75) is 64.5 Å². The van der Waals surface area contributed by atoms with Crippen molar-refractivity contribution in [1.82, 2.24) is 9.88 Å². The van der Waals surface area contributed by atoms with Gasteiger partial charge < -0.3 is 30.9 Å². The average Bonchev–Trinajstić information content (AvgIpc) is 3.60. The Labute approximate surface area is 201 Å². The molecule has 8 heteroatoms. The number of carbonyl (C=O) groups is 1. The van der Waals surface area contributed by atoms with E-state index in [1.807, 2.05) is 32.9 Å². The first-order chi connectivity index (χ1) is 16.2. The van der Waals surface area contributed by atoms with Crippen LogP contribution in [0.3, 0.4) is 0 Å². The zero-order valence-electron chi connectivity index (χ0n) is 20.3. The van der Waals surface area contributed by atoms with Gasteiger partial charge in [-0.2, -0.15) is 0 Å². The van der Waals surface area contributed by atoms with Crippen molar-refractivity contribution in [3.8, 4) is 22.8 Å². The van der Waals surface area contributed by atoms with Crippen LogP contribution in [0.4, 0.5) is 10.6 Å². The molecule has 1 saturated heterocycles. The van der Waals surface area contributed by atoms with Gasteiger partial charge in [0.2, 0.25) is 0 Å². The fraction of sp³-hybridized carbons (Fsp3) is 0.538. The number of nitrogen functional groups attached to an aromatic ring is 1. The lowest BCUT2D eigenvalue weighted by Gasteiger charge is -2.35. The Balaban J connectivity index is 1.67. The highest BCUT2D eigenvalue weighted by atomic mass is 16.6. The molecule has 1 atom stereocenters. The van der Waals surface area contributed by atoms with Crippen molar-refractivity contribution in [2.24, 2.45) is 11.7 Å². The Kier molecular flexibility index (Phi) is 6.89. The maximum absolute atomic E-state index is 12.7. The molecule has 1 amide bonds. The van der Waals surface area contributed by atoms with Crippen LogP contribution in [0.1, 0.15) is 63.5 Å². The molecule has 0 radical (unpaired) electrons. The lowest BCUT2D eigenvalue weighted by molar-refractivity contribution is 0.0198. The predicted molar refractivity (Wildman–Crippen MR) is 132 cm³/mol. The molecule has 1 saturated carbocycles. The van der Waals surface area contributed by atoms with Crippen LogP contribution in [0.25, 0.3) is 11.3 Å². The summed E-state index contributed by atoms with van der Waals surface area (Å²) in [7, 11) is 0. The number of benzene rings is 1. The molecular weight excluding hydrogens is 432 g/mol. The summed E-state index contributed by atoms with van der Waals surface area (Å²) >= 11 is 0. The van der Waals surface area contributed by atoms with E-state index in [4.69, 9.17) is 20.9 Å². The van der Waals surface area contributed by atoms with Gasteiger partial charge in [0.1, 0.15) is 22.9 Å². The highest BCUT2D eigenvalue weighted by Gasteiger charge is 2.31. The summed E-state index contributed by atoms with van der Waals surface area (Å²) in [4.78, 5) is 19.1. The monoisotopic (exact) mass is 468 g/mol. The minimum absolute atomic E-state index is 0.0329. The Hall–Kier alpha value is -3.00. The third-order valence-electron chi connectivity index (χ3n) is 6.34. The van der Waals surface area contributed by atoms with E-state index in [9.17, 15) is 9.90 Å². The summed E-state index contributed by atoms with van der Waals surface area (Å²) in [6.45, 7) is 7.61. The van der Waals surface area contributed by atoms with E-state index in [1.165, 1.54) is 12.8 Å². The van der Waals surface area contributed by atoms with E-state index in [0.29, 0.717) is 48.4 Å². The lowest BCUT2D eigenvalue weighted by atomic mass is 9.87. The minimum atomic E-state index is -0.553. The molecule has 0 bridgehead atoms. The van der Waals surface area contributed by atoms with E-state index >= 15 is 0 Å². The van der Waals surface area contributed by atoms with Crippen LogP contribution in [0.15, 0.2) is 24.3 Å². The van der Waals surface area contributed by atoms with Gasteiger partial charge in [-0.15, -0.1) is 0 Å². The number of hydrogen-bond acceptors (Lipinski definition) is 7. The van der Waals surface area contributed by atoms with Crippen molar-refractivity contribution in [3.63, 3.8) is 0 Å². The maximum Gasteiger partial charge on any atom is 0.410 e. The number of piperidine rings is 1. The number of phenols is 1. The number of aromatic nitrogens is 1. The number of amides is 1. The normalized spacial score (nSPS) is 18.6. The summed E-state index contributed by atoms with van der Waals surface area (Å²) in [6.07, 6.45) is 3.76. The average molecular weight is 469 g/mol. The number of aromatic hydroxyl groups is 1. The molecule has 1 unspecified atom stereocenters. The first-order valence-electron chi connectivity index (χ1n) is 12.1. The largest absolute Gasteiger partial charge is 0.507 e. The van der Waals surface area contributed by atoms with Crippen LogP contribution in [-0.2, 0) is 11.3 Å². The highest BCUT2D eigenvalue weighted by molar-refractivity contribution is 5.76. The molecule has 0 spiro atoms. The molecule has 34 heavy (non-hydrogen) atoms. The van der Waals surface area contributed by atoms with Crippen LogP contribution in [0.2, 0.25) is 0 Å². The molecule has 1 aliphatic heterocycles. The van der Waals surface area contributed by atoms with Crippen LogP contribution >= 0.6 is 0 Å². The molecule has 2 aromatic rings. The third kappa shape index (κ3) is 5.55. The third-order valence-corrected chi connectivity index (χ3v) is 6.34. The van der Waals surface area contributed by atoms with Gasteiger partial charge in [0.15, 0.2) is 0 Å². The van der Waals surface area contributed by atoms with E-state index in [1.54, 1.807) is 17.0 Å². The summed E-state index contributed by atoms with van der Waals surface area (Å²) < 4.78 is 11.6. The van der Waals surface area contributed by atoms with E-state index in [0.717, 1.165) is 24.0 Å². The van der Waals surface area contributed by atoms with E-state index in [-0.39, 0.29) is 24.3 Å². The zero-order chi connectivity index (χ0) is 24.5. The number of likely N-dealkylation sites (tertiary alicyclic amines) is 1. The van der Waals surface area contributed by atoms with Gasteiger partial charge in [-0.3, -0.25) is 0 Å². The number of rotatable bonds is 6. The second kappa shape index (κ2) is 9.70.